The van der Waals surface area contributed by atoms with Gasteiger partial charge in [0, 0.05) is 10.7 Å². The van der Waals surface area contributed by atoms with Crippen molar-refractivity contribution in [1.82, 2.24) is 15.1 Å². The normalized spacial score (nSPS) is 11.0. The zero-order valence-electron chi connectivity index (χ0n) is 13.1. The molecule has 0 atom stereocenters. The van der Waals surface area contributed by atoms with Gasteiger partial charge in [-0.1, -0.05) is 43.6 Å². The average Bonchev–Trinajstić information content (AvgIpc) is 2.84. The van der Waals surface area contributed by atoms with Crippen molar-refractivity contribution in [3.8, 4) is 0 Å². The second-order valence-electron chi connectivity index (χ2n) is 5.18. The summed E-state index contributed by atoms with van der Waals surface area (Å²) in [6.07, 6.45) is 3.00. The molecule has 1 aromatic heterocycles. The highest BCUT2D eigenvalue weighted by molar-refractivity contribution is 6.31. The smallest absolute Gasteiger partial charge is 0.0677 e. The Kier molecular flexibility index (Phi) is 5.83. The number of likely N-dealkylation sites (N-methyl/N-ethyl adjacent to an activating group) is 1. The lowest BCUT2D eigenvalue weighted by molar-refractivity contribution is 0.639. The van der Waals surface area contributed by atoms with E-state index in [-0.39, 0.29) is 0 Å². The topological polar surface area (TPSA) is 29.9 Å². The Bertz CT molecular complexity index is 590. The zero-order chi connectivity index (χ0) is 15.2. The van der Waals surface area contributed by atoms with Gasteiger partial charge in [-0.25, -0.2) is 0 Å². The summed E-state index contributed by atoms with van der Waals surface area (Å²) in [5, 5.41) is 8.86. The summed E-state index contributed by atoms with van der Waals surface area (Å²) in [7, 11) is 1.99. The molecule has 3 nitrogen and oxygen atoms in total. The first-order chi connectivity index (χ1) is 10.2. The maximum Gasteiger partial charge on any atom is 0.0677 e. The van der Waals surface area contributed by atoms with Crippen molar-refractivity contribution in [2.45, 2.75) is 39.7 Å². The van der Waals surface area contributed by atoms with Crippen LogP contribution in [0.4, 0.5) is 0 Å². The van der Waals surface area contributed by atoms with Crippen molar-refractivity contribution >= 4 is 11.6 Å². The molecule has 4 heteroatoms. The van der Waals surface area contributed by atoms with Crippen LogP contribution in [0.2, 0.25) is 5.02 Å². The van der Waals surface area contributed by atoms with E-state index in [0.717, 1.165) is 42.9 Å². The lowest BCUT2D eigenvalue weighted by Crippen LogP contribution is -2.12. The Morgan fingerprint density at radius 3 is 2.57 bits per heavy atom. The van der Waals surface area contributed by atoms with E-state index in [1.807, 2.05) is 25.2 Å². The van der Waals surface area contributed by atoms with E-state index in [9.17, 15) is 0 Å². The Balaban J connectivity index is 2.35. The maximum atomic E-state index is 6.28. The van der Waals surface area contributed by atoms with E-state index < -0.39 is 0 Å². The average molecular weight is 306 g/mol. The van der Waals surface area contributed by atoms with E-state index in [1.54, 1.807) is 0 Å². The molecule has 0 unspecified atom stereocenters. The monoisotopic (exact) mass is 305 g/mol. The molecule has 0 amide bonds. The quantitative estimate of drug-likeness (QED) is 0.849. The summed E-state index contributed by atoms with van der Waals surface area (Å²) in [6.45, 7) is 6.10. The van der Waals surface area contributed by atoms with Crippen LogP contribution in [-0.2, 0) is 25.8 Å². The predicted octanol–water partition coefficient (Wildman–Crippen LogP) is 3.47. The maximum absolute atomic E-state index is 6.28. The number of halogens is 1. The molecule has 0 aliphatic heterocycles. The number of nitrogens with zero attached hydrogens (tertiary/aromatic N) is 2. The molecule has 0 fully saturated rings. The zero-order valence-corrected chi connectivity index (χ0v) is 13.9. The Morgan fingerprint density at radius 2 is 1.95 bits per heavy atom. The molecule has 2 rings (SSSR count). The van der Waals surface area contributed by atoms with E-state index in [0.29, 0.717) is 0 Å². The van der Waals surface area contributed by atoms with Gasteiger partial charge in [0.25, 0.3) is 0 Å². The van der Waals surface area contributed by atoms with E-state index >= 15 is 0 Å². The van der Waals surface area contributed by atoms with Gasteiger partial charge in [-0.05, 0) is 50.0 Å². The first kappa shape index (κ1) is 16.1. The van der Waals surface area contributed by atoms with Gasteiger partial charge in [0.15, 0.2) is 0 Å². The first-order valence-corrected chi connectivity index (χ1v) is 8.04. The van der Waals surface area contributed by atoms with Crippen molar-refractivity contribution in [2.75, 3.05) is 13.6 Å². The molecular formula is C17H24ClN3. The molecule has 0 bridgehead atoms. The molecule has 1 aromatic carbocycles. The van der Waals surface area contributed by atoms with Gasteiger partial charge >= 0.3 is 0 Å². The molecule has 1 N–H and O–H groups in total. The van der Waals surface area contributed by atoms with Crippen LogP contribution in [0.5, 0.6) is 0 Å². The van der Waals surface area contributed by atoms with Crippen molar-refractivity contribution in [2.24, 2.45) is 0 Å². The highest BCUT2D eigenvalue weighted by atomic mass is 35.5. The lowest BCUT2D eigenvalue weighted by atomic mass is 10.1. The van der Waals surface area contributed by atoms with Crippen LogP contribution in [-0.4, -0.2) is 23.4 Å². The molecule has 0 saturated carbocycles. The van der Waals surface area contributed by atoms with Crippen molar-refractivity contribution in [3.63, 3.8) is 0 Å². The van der Waals surface area contributed by atoms with Crippen LogP contribution in [0, 0.1) is 0 Å². The van der Waals surface area contributed by atoms with Gasteiger partial charge < -0.3 is 5.32 Å². The molecule has 0 radical (unpaired) electrons. The fraction of sp³-hybridized carbons (Fsp3) is 0.471. The first-order valence-electron chi connectivity index (χ1n) is 7.66. The van der Waals surface area contributed by atoms with Crippen LogP contribution in [0.15, 0.2) is 24.3 Å². The molecule has 114 valence electrons. The molecule has 21 heavy (non-hydrogen) atoms. The number of aryl methyl sites for hydroxylation is 1. The largest absolute Gasteiger partial charge is 0.319 e. The minimum Gasteiger partial charge on any atom is -0.319 e. The fourth-order valence-corrected chi connectivity index (χ4v) is 2.92. The SMILES string of the molecule is CCc1nn(Cc2ccccc2Cl)c(CC)c1CCNC. The van der Waals surface area contributed by atoms with Gasteiger partial charge in [-0.15, -0.1) is 0 Å². The van der Waals surface area contributed by atoms with Gasteiger partial charge in [0.2, 0.25) is 0 Å². The van der Waals surface area contributed by atoms with Crippen molar-refractivity contribution in [1.29, 1.82) is 0 Å². The number of hydrogen-bond donors (Lipinski definition) is 1. The Hall–Kier alpha value is -1.32. The van der Waals surface area contributed by atoms with Crippen molar-refractivity contribution in [3.05, 3.63) is 51.8 Å². The van der Waals surface area contributed by atoms with Gasteiger partial charge in [0.05, 0.1) is 12.2 Å². The van der Waals surface area contributed by atoms with Crippen LogP contribution < -0.4 is 5.32 Å². The third-order valence-corrected chi connectivity index (χ3v) is 4.19. The van der Waals surface area contributed by atoms with Gasteiger partial charge in [0.1, 0.15) is 0 Å². The van der Waals surface area contributed by atoms with Crippen LogP contribution in [0.1, 0.15) is 36.4 Å². The molecule has 0 spiro atoms. The van der Waals surface area contributed by atoms with Crippen molar-refractivity contribution < 1.29 is 0 Å². The van der Waals surface area contributed by atoms with Crippen LogP contribution >= 0.6 is 11.6 Å². The second-order valence-corrected chi connectivity index (χ2v) is 5.59. The Morgan fingerprint density at radius 1 is 1.19 bits per heavy atom. The Labute approximate surface area is 132 Å². The second kappa shape index (κ2) is 7.62. The number of rotatable bonds is 7. The summed E-state index contributed by atoms with van der Waals surface area (Å²) in [6, 6.07) is 8.00. The molecule has 0 saturated heterocycles. The van der Waals surface area contributed by atoms with E-state index in [2.05, 4.69) is 29.9 Å². The summed E-state index contributed by atoms with van der Waals surface area (Å²) in [4.78, 5) is 0. The minimum atomic E-state index is 0.745. The van der Waals surface area contributed by atoms with Crippen LogP contribution in [0.3, 0.4) is 0 Å². The molecule has 0 aliphatic carbocycles. The van der Waals surface area contributed by atoms with E-state index in [1.165, 1.54) is 17.0 Å². The summed E-state index contributed by atoms with van der Waals surface area (Å²) in [5.74, 6) is 0. The molecular weight excluding hydrogens is 282 g/mol. The predicted molar refractivity (Wildman–Crippen MR) is 89.2 cm³/mol. The number of nitrogens with one attached hydrogen (secondary N) is 1. The van der Waals surface area contributed by atoms with Crippen LogP contribution in [0.25, 0.3) is 0 Å². The third kappa shape index (κ3) is 3.66. The summed E-state index contributed by atoms with van der Waals surface area (Å²) in [5.41, 5.74) is 5.08. The number of benzene rings is 1. The fourth-order valence-electron chi connectivity index (χ4n) is 2.73. The molecule has 2 aromatic rings. The molecule has 1 heterocycles. The highest BCUT2D eigenvalue weighted by Gasteiger charge is 2.15. The third-order valence-electron chi connectivity index (χ3n) is 3.82. The highest BCUT2D eigenvalue weighted by Crippen LogP contribution is 2.21. The minimum absolute atomic E-state index is 0.745. The number of aromatic nitrogens is 2. The van der Waals surface area contributed by atoms with E-state index in [4.69, 9.17) is 16.7 Å². The lowest BCUT2D eigenvalue weighted by Gasteiger charge is -2.09. The standard InChI is InChI=1S/C17H24ClN3/c1-4-16-14(10-11-19-3)17(5-2)21(20-16)12-13-8-6-7-9-15(13)18/h6-9,19H,4-5,10-12H2,1-3H3. The molecule has 0 aliphatic rings. The number of hydrogen-bond acceptors (Lipinski definition) is 2. The van der Waals surface area contributed by atoms with Gasteiger partial charge in [-0.3, -0.25) is 4.68 Å². The van der Waals surface area contributed by atoms with Gasteiger partial charge in [-0.2, -0.15) is 5.10 Å². The summed E-state index contributed by atoms with van der Waals surface area (Å²) < 4.78 is 2.13. The summed E-state index contributed by atoms with van der Waals surface area (Å²) >= 11 is 6.28.